The Kier molecular flexibility index (Phi) is 6.03. The van der Waals surface area contributed by atoms with E-state index in [-0.39, 0.29) is 5.91 Å². The van der Waals surface area contributed by atoms with Crippen molar-refractivity contribution >= 4 is 34.6 Å². The predicted molar refractivity (Wildman–Crippen MR) is 106 cm³/mol. The van der Waals surface area contributed by atoms with Crippen molar-refractivity contribution in [3.8, 4) is 0 Å². The molecule has 0 aliphatic heterocycles. The molecule has 0 aliphatic carbocycles. The van der Waals surface area contributed by atoms with E-state index in [1.54, 1.807) is 6.92 Å². The Morgan fingerprint density at radius 2 is 1.74 bits per heavy atom. The molecule has 7 heteroatoms. The third-order valence-corrected chi connectivity index (χ3v) is 4.97. The van der Waals surface area contributed by atoms with Gasteiger partial charge in [0.2, 0.25) is 5.91 Å². The minimum Gasteiger partial charge on any atom is -0.334 e. The fourth-order valence-corrected chi connectivity index (χ4v) is 3.49. The molecule has 0 fully saturated rings. The highest BCUT2D eigenvalue weighted by Gasteiger charge is 2.19. The molecule has 138 valence electrons. The van der Waals surface area contributed by atoms with E-state index in [0.717, 1.165) is 21.5 Å². The van der Waals surface area contributed by atoms with Crippen LogP contribution in [0.1, 0.15) is 18.3 Å². The summed E-state index contributed by atoms with van der Waals surface area (Å²) < 4.78 is 0. The largest absolute Gasteiger partial charge is 0.334 e. The van der Waals surface area contributed by atoms with E-state index in [1.807, 2.05) is 61.5 Å². The standard InChI is InChI=1S/C20H20N4O2S/c1-13(18(25)24-20(26)21-12-15-8-4-3-5-9-15)27-19-16-10-6-7-11-17(16)22-14(2)23-19/h3-11,13H,12H2,1-2H3,(H2,21,24,25,26)/t13-/m1/s1. The summed E-state index contributed by atoms with van der Waals surface area (Å²) in [6, 6.07) is 16.7. The van der Waals surface area contributed by atoms with Crippen LogP contribution in [0.15, 0.2) is 59.6 Å². The average Bonchev–Trinajstić information content (AvgIpc) is 2.67. The molecule has 3 aromatic rings. The maximum absolute atomic E-state index is 12.4. The number of nitrogens with one attached hydrogen (secondary N) is 2. The van der Waals surface area contributed by atoms with Crippen molar-refractivity contribution in [3.05, 3.63) is 66.0 Å². The molecule has 0 aliphatic rings. The lowest BCUT2D eigenvalue weighted by molar-refractivity contribution is -0.119. The van der Waals surface area contributed by atoms with Crippen LogP contribution in [-0.4, -0.2) is 27.2 Å². The van der Waals surface area contributed by atoms with Crippen LogP contribution in [0.5, 0.6) is 0 Å². The number of thioether (sulfide) groups is 1. The van der Waals surface area contributed by atoms with Gasteiger partial charge in [-0.25, -0.2) is 14.8 Å². The number of hydrogen-bond donors (Lipinski definition) is 2. The van der Waals surface area contributed by atoms with E-state index in [4.69, 9.17) is 0 Å². The van der Waals surface area contributed by atoms with Crippen molar-refractivity contribution in [2.75, 3.05) is 0 Å². The first kappa shape index (κ1) is 18.8. The smallest absolute Gasteiger partial charge is 0.321 e. The summed E-state index contributed by atoms with van der Waals surface area (Å²) in [5.74, 6) is 0.273. The Bertz CT molecular complexity index is 963. The molecule has 3 rings (SSSR count). The minimum absolute atomic E-state index is 0.358. The highest BCUT2D eigenvalue weighted by Crippen LogP contribution is 2.28. The minimum atomic E-state index is -0.514. The van der Waals surface area contributed by atoms with Gasteiger partial charge in [0.05, 0.1) is 10.8 Å². The van der Waals surface area contributed by atoms with E-state index >= 15 is 0 Å². The van der Waals surface area contributed by atoms with Gasteiger partial charge < -0.3 is 5.32 Å². The number of benzene rings is 2. The molecule has 2 N–H and O–H groups in total. The zero-order chi connectivity index (χ0) is 19.2. The van der Waals surface area contributed by atoms with Crippen LogP contribution >= 0.6 is 11.8 Å². The Morgan fingerprint density at radius 1 is 1.04 bits per heavy atom. The number of urea groups is 1. The second-order valence-electron chi connectivity index (χ2n) is 6.01. The summed E-state index contributed by atoms with van der Waals surface area (Å²) in [5.41, 5.74) is 1.80. The van der Waals surface area contributed by atoms with Crippen molar-refractivity contribution in [2.24, 2.45) is 0 Å². The van der Waals surface area contributed by atoms with Crippen LogP contribution < -0.4 is 10.6 Å². The quantitative estimate of drug-likeness (QED) is 0.523. The summed E-state index contributed by atoms with van der Waals surface area (Å²) in [4.78, 5) is 33.2. The van der Waals surface area contributed by atoms with Gasteiger partial charge in [-0.15, -0.1) is 0 Å². The van der Waals surface area contributed by atoms with E-state index in [2.05, 4.69) is 20.6 Å². The molecule has 27 heavy (non-hydrogen) atoms. The zero-order valence-electron chi connectivity index (χ0n) is 15.1. The SMILES string of the molecule is Cc1nc(S[C@H](C)C(=O)NC(=O)NCc2ccccc2)c2ccccc2n1. The van der Waals surface area contributed by atoms with Crippen LogP contribution in [-0.2, 0) is 11.3 Å². The molecule has 6 nitrogen and oxygen atoms in total. The summed E-state index contributed by atoms with van der Waals surface area (Å²) >= 11 is 1.31. The van der Waals surface area contributed by atoms with E-state index in [9.17, 15) is 9.59 Å². The lowest BCUT2D eigenvalue weighted by Crippen LogP contribution is -2.42. The van der Waals surface area contributed by atoms with Gasteiger partial charge in [-0.3, -0.25) is 10.1 Å². The summed E-state index contributed by atoms with van der Waals surface area (Å²) in [6.45, 7) is 3.92. The highest BCUT2D eigenvalue weighted by molar-refractivity contribution is 8.00. The summed E-state index contributed by atoms with van der Waals surface area (Å²) in [7, 11) is 0. The molecular weight excluding hydrogens is 360 g/mol. The average molecular weight is 380 g/mol. The Morgan fingerprint density at radius 3 is 2.52 bits per heavy atom. The first-order valence-electron chi connectivity index (χ1n) is 8.55. The lowest BCUT2D eigenvalue weighted by Gasteiger charge is -2.13. The van der Waals surface area contributed by atoms with Crippen LogP contribution in [0.3, 0.4) is 0 Å². The molecule has 0 spiro atoms. The van der Waals surface area contributed by atoms with Gasteiger partial charge in [0.25, 0.3) is 0 Å². The number of fused-ring (bicyclic) bond motifs is 1. The number of rotatable bonds is 5. The van der Waals surface area contributed by atoms with Gasteiger partial charge in [-0.05, 0) is 25.5 Å². The van der Waals surface area contributed by atoms with Crippen LogP contribution in [0.25, 0.3) is 10.9 Å². The van der Waals surface area contributed by atoms with E-state index in [0.29, 0.717) is 12.4 Å². The van der Waals surface area contributed by atoms with Gasteiger partial charge in [-0.2, -0.15) is 0 Å². The topological polar surface area (TPSA) is 84.0 Å². The number of aryl methyl sites for hydroxylation is 1. The fourth-order valence-electron chi connectivity index (χ4n) is 2.51. The monoisotopic (exact) mass is 380 g/mol. The maximum Gasteiger partial charge on any atom is 0.321 e. The number of amides is 3. The first-order valence-corrected chi connectivity index (χ1v) is 9.43. The summed E-state index contributed by atoms with van der Waals surface area (Å²) in [5, 5.41) is 6.20. The fraction of sp³-hybridized carbons (Fsp3) is 0.200. The Balaban J connectivity index is 1.60. The van der Waals surface area contributed by atoms with Crippen molar-refractivity contribution in [1.82, 2.24) is 20.6 Å². The van der Waals surface area contributed by atoms with Crippen LogP contribution in [0.4, 0.5) is 4.79 Å². The number of para-hydroxylation sites is 1. The molecule has 0 saturated heterocycles. The number of imide groups is 1. The molecule has 1 heterocycles. The molecule has 0 bridgehead atoms. The van der Waals surface area contributed by atoms with Gasteiger partial charge in [0.15, 0.2) is 0 Å². The molecule has 2 aromatic carbocycles. The van der Waals surface area contributed by atoms with Crippen molar-refractivity contribution < 1.29 is 9.59 Å². The van der Waals surface area contributed by atoms with Crippen molar-refractivity contribution in [2.45, 2.75) is 30.7 Å². The van der Waals surface area contributed by atoms with Crippen LogP contribution in [0, 0.1) is 6.92 Å². The second-order valence-corrected chi connectivity index (χ2v) is 7.34. The molecule has 0 saturated carbocycles. The van der Waals surface area contributed by atoms with Crippen molar-refractivity contribution in [1.29, 1.82) is 0 Å². The molecule has 1 atom stereocenters. The molecular formula is C20H20N4O2S. The number of aromatic nitrogens is 2. The number of carbonyl (C=O) groups excluding carboxylic acids is 2. The first-order chi connectivity index (χ1) is 13.0. The normalized spacial score (nSPS) is 11.8. The van der Waals surface area contributed by atoms with Gasteiger partial charge in [0.1, 0.15) is 10.9 Å². The third-order valence-electron chi connectivity index (χ3n) is 3.87. The predicted octanol–water partition coefficient (Wildman–Crippen LogP) is 3.44. The van der Waals surface area contributed by atoms with Gasteiger partial charge in [-0.1, -0.05) is 60.3 Å². The molecule has 1 aromatic heterocycles. The summed E-state index contributed by atoms with van der Waals surface area (Å²) in [6.07, 6.45) is 0. The number of nitrogens with zero attached hydrogens (tertiary/aromatic N) is 2. The van der Waals surface area contributed by atoms with Gasteiger partial charge >= 0.3 is 6.03 Å². The molecule has 0 radical (unpaired) electrons. The zero-order valence-corrected chi connectivity index (χ0v) is 15.9. The van der Waals surface area contributed by atoms with E-state index in [1.165, 1.54) is 11.8 Å². The van der Waals surface area contributed by atoms with E-state index < -0.39 is 11.3 Å². The maximum atomic E-state index is 12.4. The highest BCUT2D eigenvalue weighted by atomic mass is 32.2. The molecule has 3 amide bonds. The number of carbonyl (C=O) groups is 2. The Labute approximate surface area is 161 Å². The number of hydrogen-bond acceptors (Lipinski definition) is 5. The lowest BCUT2D eigenvalue weighted by atomic mass is 10.2. The van der Waals surface area contributed by atoms with Crippen LogP contribution in [0.2, 0.25) is 0 Å². The van der Waals surface area contributed by atoms with Crippen molar-refractivity contribution in [3.63, 3.8) is 0 Å². The third kappa shape index (κ3) is 5.04. The second kappa shape index (κ2) is 8.64. The molecule has 0 unspecified atom stereocenters. The Hall–Kier alpha value is -2.93. The van der Waals surface area contributed by atoms with Gasteiger partial charge in [0, 0.05) is 11.9 Å².